The summed E-state index contributed by atoms with van der Waals surface area (Å²) >= 11 is 0. The summed E-state index contributed by atoms with van der Waals surface area (Å²) in [6.45, 7) is 3.03. The average molecular weight is 535 g/mol. The number of fused-ring (bicyclic) bond motifs is 2. The minimum absolute atomic E-state index is 0.00277. The number of piperazine rings is 1. The van der Waals surface area contributed by atoms with Crippen molar-refractivity contribution >= 4 is 34.5 Å². The maximum atomic E-state index is 14.0. The van der Waals surface area contributed by atoms with Gasteiger partial charge in [-0.3, -0.25) is 19.2 Å². The summed E-state index contributed by atoms with van der Waals surface area (Å²) in [5, 5.41) is 7.57. The molecule has 2 fully saturated rings. The van der Waals surface area contributed by atoms with Crippen LogP contribution in [0.5, 0.6) is 0 Å². The van der Waals surface area contributed by atoms with Crippen molar-refractivity contribution in [3.05, 3.63) is 60.2 Å². The van der Waals surface area contributed by atoms with Crippen LogP contribution in [0, 0.1) is 0 Å². The highest BCUT2D eigenvalue weighted by atomic mass is 16.7. The molecule has 0 aliphatic carbocycles. The number of hydrogen-bond acceptors (Lipinski definition) is 7. The minimum Gasteiger partial charge on any atom is -0.433 e. The molecule has 2 N–H and O–H groups in total. The van der Waals surface area contributed by atoms with Crippen molar-refractivity contribution in [2.45, 2.75) is 56.6 Å². The summed E-state index contributed by atoms with van der Waals surface area (Å²) in [6, 6.07) is 10.6. The van der Waals surface area contributed by atoms with E-state index in [1.807, 2.05) is 60.5 Å². The lowest BCUT2D eigenvalue weighted by atomic mass is 9.96. The first-order valence-electron chi connectivity index (χ1n) is 13.4. The number of benzene rings is 2. The predicted molar refractivity (Wildman–Crippen MR) is 144 cm³/mol. The first-order chi connectivity index (χ1) is 18.9. The van der Waals surface area contributed by atoms with E-state index in [9.17, 15) is 19.2 Å². The molecule has 0 aromatic heterocycles. The molecule has 39 heavy (non-hydrogen) atoms. The Kier molecular flexibility index (Phi) is 7.94. The molecule has 3 aliphatic rings. The average Bonchev–Trinajstić information content (AvgIpc) is 3.26. The fraction of sp³-hybridized carbons (Fsp3) is 0.448. The summed E-state index contributed by atoms with van der Waals surface area (Å²) in [4.78, 5) is 56.5. The van der Waals surface area contributed by atoms with Crippen molar-refractivity contribution in [1.82, 2.24) is 20.4 Å². The lowest BCUT2D eigenvalue weighted by Crippen LogP contribution is -2.67. The molecule has 2 aromatic carbocycles. The second-order valence-corrected chi connectivity index (χ2v) is 10.3. The molecule has 0 radical (unpaired) electrons. The SMILES string of the molecule is CCOC1OC(=O)CC1NC(=O)[C@@H]1CN(C)C[C@@H]2CC=CC[C@H](NC(=O)c3cccc4ccccc34)C(=O)N21. The van der Waals surface area contributed by atoms with E-state index in [1.54, 1.807) is 17.9 Å². The molecule has 2 saturated heterocycles. The number of esters is 1. The smallest absolute Gasteiger partial charge is 0.310 e. The summed E-state index contributed by atoms with van der Waals surface area (Å²) in [7, 11) is 1.91. The molecule has 10 heteroatoms. The molecular formula is C29H34N4O6. The number of nitrogens with one attached hydrogen (secondary N) is 2. The van der Waals surface area contributed by atoms with Gasteiger partial charge in [-0.15, -0.1) is 0 Å². The fourth-order valence-electron chi connectivity index (χ4n) is 5.69. The number of amides is 3. The van der Waals surface area contributed by atoms with Crippen molar-refractivity contribution in [2.24, 2.45) is 0 Å². The summed E-state index contributed by atoms with van der Waals surface area (Å²) in [5.74, 6) is -1.46. The molecule has 206 valence electrons. The van der Waals surface area contributed by atoms with E-state index in [0.29, 0.717) is 38.1 Å². The second kappa shape index (κ2) is 11.5. The normalized spacial score (nSPS) is 27.4. The molecular weight excluding hydrogens is 500 g/mol. The number of rotatable bonds is 6. The van der Waals surface area contributed by atoms with Crippen molar-refractivity contribution in [2.75, 3.05) is 26.7 Å². The zero-order valence-corrected chi connectivity index (χ0v) is 22.2. The molecule has 5 rings (SSSR count). The van der Waals surface area contributed by atoms with E-state index in [4.69, 9.17) is 9.47 Å². The van der Waals surface area contributed by atoms with Crippen LogP contribution in [0.25, 0.3) is 10.8 Å². The van der Waals surface area contributed by atoms with Gasteiger partial charge in [-0.1, -0.05) is 48.6 Å². The molecule has 2 aromatic rings. The van der Waals surface area contributed by atoms with Crippen molar-refractivity contribution < 1.29 is 28.7 Å². The number of carbonyl (C=O) groups is 4. The molecule has 0 saturated carbocycles. The number of cyclic esters (lactones) is 1. The number of nitrogens with zero attached hydrogens (tertiary/aromatic N) is 2. The standard InChI is InChI=1S/C29H34N4O6/c1-3-38-29-23(15-25(34)39-29)31-27(36)24-17-32(2)16-19-11-5-7-14-22(28(37)33(19)24)30-26(35)21-13-8-10-18-9-4-6-12-20(18)21/h4-10,12-13,19,22-24,29H,3,11,14-17H2,1-2H3,(H,30,35)(H,31,36)/t19-,22-,23?,24-,29?/m0/s1. The Balaban J connectivity index is 1.38. The molecule has 0 spiro atoms. The van der Waals surface area contributed by atoms with Crippen LogP contribution in [0.3, 0.4) is 0 Å². The van der Waals surface area contributed by atoms with Crippen molar-refractivity contribution in [3.8, 4) is 0 Å². The van der Waals surface area contributed by atoms with Gasteiger partial charge in [-0.2, -0.15) is 0 Å². The van der Waals surface area contributed by atoms with Gasteiger partial charge in [0.15, 0.2) is 0 Å². The van der Waals surface area contributed by atoms with E-state index < -0.39 is 30.4 Å². The van der Waals surface area contributed by atoms with Crippen LogP contribution in [0.1, 0.15) is 36.5 Å². The van der Waals surface area contributed by atoms with Gasteiger partial charge in [0.25, 0.3) is 5.91 Å². The van der Waals surface area contributed by atoms with E-state index in [2.05, 4.69) is 10.6 Å². The van der Waals surface area contributed by atoms with Gasteiger partial charge in [-0.25, -0.2) is 0 Å². The molecule has 3 heterocycles. The Morgan fingerprint density at radius 1 is 1.03 bits per heavy atom. The Morgan fingerprint density at radius 2 is 1.79 bits per heavy atom. The molecule has 0 bridgehead atoms. The number of likely N-dealkylation sites (N-methyl/N-ethyl adjacent to an activating group) is 1. The van der Waals surface area contributed by atoms with Gasteiger partial charge in [-0.05, 0) is 43.7 Å². The summed E-state index contributed by atoms with van der Waals surface area (Å²) in [5.41, 5.74) is 0.490. The number of ether oxygens (including phenoxy) is 2. The number of hydrogen-bond donors (Lipinski definition) is 2. The first-order valence-corrected chi connectivity index (χ1v) is 13.4. The maximum absolute atomic E-state index is 14.0. The molecule has 10 nitrogen and oxygen atoms in total. The Labute approximate surface area is 227 Å². The third-order valence-corrected chi connectivity index (χ3v) is 7.50. The zero-order chi connectivity index (χ0) is 27.5. The topological polar surface area (TPSA) is 117 Å². The lowest BCUT2D eigenvalue weighted by molar-refractivity contribution is -0.165. The van der Waals surface area contributed by atoms with Crippen LogP contribution in [-0.4, -0.2) is 90.7 Å². The molecule has 3 amide bonds. The van der Waals surface area contributed by atoms with E-state index in [1.165, 1.54) is 0 Å². The largest absolute Gasteiger partial charge is 0.433 e. The van der Waals surface area contributed by atoms with Gasteiger partial charge in [0.1, 0.15) is 18.1 Å². The predicted octanol–water partition coefficient (Wildman–Crippen LogP) is 1.59. The van der Waals surface area contributed by atoms with E-state index in [0.717, 1.165) is 10.8 Å². The first kappa shape index (κ1) is 26.8. The third kappa shape index (κ3) is 5.67. The molecule has 2 unspecified atom stereocenters. The summed E-state index contributed by atoms with van der Waals surface area (Å²) in [6.07, 6.45) is 3.98. The van der Waals surface area contributed by atoms with Crippen molar-refractivity contribution in [3.63, 3.8) is 0 Å². The van der Waals surface area contributed by atoms with E-state index >= 15 is 0 Å². The Bertz CT molecular complexity index is 1290. The highest BCUT2D eigenvalue weighted by molar-refractivity contribution is 6.08. The number of carbonyl (C=O) groups excluding carboxylic acids is 4. The van der Waals surface area contributed by atoms with Crippen LogP contribution in [0.2, 0.25) is 0 Å². The van der Waals surface area contributed by atoms with Crippen LogP contribution in [0.15, 0.2) is 54.6 Å². The van der Waals surface area contributed by atoms with Gasteiger partial charge in [0, 0.05) is 31.3 Å². The van der Waals surface area contributed by atoms with Gasteiger partial charge < -0.3 is 29.9 Å². The Morgan fingerprint density at radius 3 is 2.62 bits per heavy atom. The maximum Gasteiger partial charge on any atom is 0.310 e. The third-order valence-electron chi connectivity index (χ3n) is 7.50. The zero-order valence-electron chi connectivity index (χ0n) is 22.2. The van der Waals surface area contributed by atoms with Gasteiger partial charge in [0.2, 0.25) is 18.1 Å². The van der Waals surface area contributed by atoms with Gasteiger partial charge in [0.05, 0.1) is 6.42 Å². The Hall–Kier alpha value is -3.76. The highest BCUT2D eigenvalue weighted by Gasteiger charge is 2.45. The molecule has 5 atom stereocenters. The highest BCUT2D eigenvalue weighted by Crippen LogP contribution is 2.25. The fourth-order valence-corrected chi connectivity index (χ4v) is 5.69. The lowest BCUT2D eigenvalue weighted by Gasteiger charge is -2.46. The van der Waals surface area contributed by atoms with Crippen LogP contribution < -0.4 is 10.6 Å². The van der Waals surface area contributed by atoms with Crippen LogP contribution in [0.4, 0.5) is 0 Å². The van der Waals surface area contributed by atoms with E-state index in [-0.39, 0.29) is 30.2 Å². The van der Waals surface area contributed by atoms with Crippen molar-refractivity contribution in [1.29, 1.82) is 0 Å². The quantitative estimate of drug-likeness (QED) is 0.427. The van der Waals surface area contributed by atoms with Gasteiger partial charge >= 0.3 is 5.97 Å². The monoisotopic (exact) mass is 534 g/mol. The van der Waals surface area contributed by atoms with Crippen LogP contribution >= 0.6 is 0 Å². The summed E-state index contributed by atoms with van der Waals surface area (Å²) < 4.78 is 10.7. The van der Waals surface area contributed by atoms with Crippen LogP contribution in [-0.2, 0) is 23.9 Å². The minimum atomic E-state index is -0.859. The second-order valence-electron chi connectivity index (χ2n) is 10.3. The molecule has 3 aliphatic heterocycles.